The van der Waals surface area contributed by atoms with Crippen LogP contribution in [0.3, 0.4) is 0 Å². The summed E-state index contributed by atoms with van der Waals surface area (Å²) in [6, 6.07) is 10.3. The molecule has 1 saturated heterocycles. The van der Waals surface area contributed by atoms with E-state index in [-0.39, 0.29) is 43.2 Å². The molecule has 4 rings (SSSR count). The summed E-state index contributed by atoms with van der Waals surface area (Å²) in [6.45, 7) is 1.61. The summed E-state index contributed by atoms with van der Waals surface area (Å²) in [5.41, 5.74) is 0.520. The highest BCUT2D eigenvalue weighted by Gasteiger charge is 2.30. The van der Waals surface area contributed by atoms with Crippen molar-refractivity contribution < 1.29 is 27.1 Å². The van der Waals surface area contributed by atoms with Crippen molar-refractivity contribution in [3.63, 3.8) is 0 Å². The minimum atomic E-state index is -4.45. The lowest BCUT2D eigenvalue weighted by Gasteiger charge is -2.22. The molecule has 6 nitrogen and oxygen atoms in total. The van der Waals surface area contributed by atoms with Gasteiger partial charge in [-0.25, -0.2) is 4.98 Å². The van der Waals surface area contributed by atoms with Crippen LogP contribution in [0.2, 0.25) is 10.0 Å². The number of nitrogens with one attached hydrogen (secondary N) is 1. The normalized spacial score (nSPS) is 16.0. The molecule has 0 saturated carbocycles. The standard InChI is InChI=1S/C25H24Cl2F3N3O3/c26-20-8-2-5-17(23(20)27)13-33(12-16-4-1-6-18(10-16)25(28,29)30)14-22-32-21(15-36-22)24(34)31-11-19-7-3-9-35-19/h1-2,4-6,8,10,15,19H,3,7,9,11-14H2,(H,31,34). The molecule has 1 aliphatic rings. The molecule has 1 unspecified atom stereocenters. The maximum Gasteiger partial charge on any atom is 0.416 e. The predicted octanol–water partition coefficient (Wildman–Crippen LogP) is 6.11. The summed E-state index contributed by atoms with van der Waals surface area (Å²) >= 11 is 12.5. The van der Waals surface area contributed by atoms with E-state index < -0.39 is 11.7 Å². The first kappa shape index (κ1) is 26.5. The first-order valence-corrected chi connectivity index (χ1v) is 12.1. The Morgan fingerprint density at radius 2 is 1.94 bits per heavy atom. The summed E-state index contributed by atoms with van der Waals surface area (Å²) < 4.78 is 50.7. The second-order valence-electron chi connectivity index (χ2n) is 8.53. The van der Waals surface area contributed by atoms with Crippen LogP contribution in [0.5, 0.6) is 0 Å². The number of carbonyl (C=O) groups is 1. The molecule has 0 aliphatic carbocycles. The SMILES string of the molecule is O=C(NCC1CCCO1)c1coc(CN(Cc2cccc(C(F)(F)F)c2)Cc2cccc(Cl)c2Cl)n1. The van der Waals surface area contributed by atoms with Gasteiger partial charge in [-0.05, 0) is 36.1 Å². The number of hydrogen-bond acceptors (Lipinski definition) is 5. The number of rotatable bonds is 9. The van der Waals surface area contributed by atoms with Crippen LogP contribution in [-0.4, -0.2) is 35.0 Å². The van der Waals surface area contributed by atoms with Gasteiger partial charge < -0.3 is 14.5 Å². The summed E-state index contributed by atoms with van der Waals surface area (Å²) in [5.74, 6) is -0.148. The smallest absolute Gasteiger partial charge is 0.416 e. The fraction of sp³-hybridized carbons (Fsp3) is 0.360. The zero-order valence-electron chi connectivity index (χ0n) is 19.2. The van der Waals surface area contributed by atoms with Crippen molar-refractivity contribution in [1.29, 1.82) is 0 Å². The number of ether oxygens (including phenoxy) is 1. The van der Waals surface area contributed by atoms with Gasteiger partial charge in [0.1, 0.15) is 6.26 Å². The molecule has 1 aromatic heterocycles. The van der Waals surface area contributed by atoms with Crippen LogP contribution in [0.1, 0.15) is 45.9 Å². The van der Waals surface area contributed by atoms with Crippen LogP contribution in [0.25, 0.3) is 0 Å². The molecule has 0 bridgehead atoms. The first-order chi connectivity index (χ1) is 17.2. The minimum Gasteiger partial charge on any atom is -0.447 e. The number of halogens is 5. The Morgan fingerprint density at radius 1 is 1.14 bits per heavy atom. The van der Waals surface area contributed by atoms with E-state index in [4.69, 9.17) is 32.4 Å². The number of hydrogen-bond donors (Lipinski definition) is 1. The van der Waals surface area contributed by atoms with E-state index in [0.717, 1.165) is 25.0 Å². The van der Waals surface area contributed by atoms with Crippen molar-refractivity contribution in [2.75, 3.05) is 13.2 Å². The molecular formula is C25H24Cl2F3N3O3. The molecule has 11 heteroatoms. The lowest BCUT2D eigenvalue weighted by Crippen LogP contribution is -2.32. The fourth-order valence-electron chi connectivity index (χ4n) is 3.96. The van der Waals surface area contributed by atoms with Gasteiger partial charge in [0.25, 0.3) is 5.91 Å². The third-order valence-electron chi connectivity index (χ3n) is 5.74. The van der Waals surface area contributed by atoms with Crippen LogP contribution in [0.15, 0.2) is 53.1 Å². The van der Waals surface area contributed by atoms with E-state index >= 15 is 0 Å². The van der Waals surface area contributed by atoms with Crippen molar-refractivity contribution in [3.8, 4) is 0 Å². The largest absolute Gasteiger partial charge is 0.447 e. The molecule has 36 heavy (non-hydrogen) atoms. The molecule has 0 radical (unpaired) electrons. The lowest BCUT2D eigenvalue weighted by atomic mass is 10.1. The van der Waals surface area contributed by atoms with E-state index in [2.05, 4.69) is 10.3 Å². The van der Waals surface area contributed by atoms with Crippen LogP contribution < -0.4 is 5.32 Å². The molecule has 1 amide bonds. The maximum absolute atomic E-state index is 13.2. The molecule has 2 heterocycles. The Labute approximate surface area is 216 Å². The van der Waals surface area contributed by atoms with Gasteiger partial charge in [-0.3, -0.25) is 9.69 Å². The van der Waals surface area contributed by atoms with E-state index in [9.17, 15) is 18.0 Å². The summed E-state index contributed by atoms with van der Waals surface area (Å²) in [7, 11) is 0. The van der Waals surface area contributed by atoms with E-state index in [1.54, 1.807) is 24.3 Å². The molecule has 1 aliphatic heterocycles. The quantitative estimate of drug-likeness (QED) is 0.354. The van der Waals surface area contributed by atoms with E-state index in [1.807, 2.05) is 4.90 Å². The number of oxazole rings is 1. The van der Waals surface area contributed by atoms with Crippen molar-refractivity contribution in [3.05, 3.63) is 87.0 Å². The maximum atomic E-state index is 13.2. The number of nitrogens with zero attached hydrogens (tertiary/aromatic N) is 2. The van der Waals surface area contributed by atoms with E-state index in [0.29, 0.717) is 34.3 Å². The van der Waals surface area contributed by atoms with Crippen LogP contribution in [0, 0.1) is 0 Å². The van der Waals surface area contributed by atoms with Crippen molar-refractivity contribution in [2.45, 2.75) is 44.8 Å². The summed E-state index contributed by atoms with van der Waals surface area (Å²) in [4.78, 5) is 18.5. The molecule has 0 spiro atoms. The Balaban J connectivity index is 1.50. The molecule has 1 fully saturated rings. The van der Waals surface area contributed by atoms with Crippen LogP contribution in [-0.2, 0) is 30.5 Å². The van der Waals surface area contributed by atoms with Crippen molar-refractivity contribution in [2.24, 2.45) is 0 Å². The molecule has 1 atom stereocenters. The Morgan fingerprint density at radius 3 is 2.69 bits per heavy atom. The molecule has 2 aromatic carbocycles. The third kappa shape index (κ3) is 7.00. The zero-order chi connectivity index (χ0) is 25.7. The monoisotopic (exact) mass is 541 g/mol. The van der Waals surface area contributed by atoms with Gasteiger partial charge in [0.05, 0.1) is 28.3 Å². The number of aromatic nitrogens is 1. The van der Waals surface area contributed by atoms with Crippen LogP contribution in [0.4, 0.5) is 13.2 Å². The fourth-order valence-corrected chi connectivity index (χ4v) is 4.34. The van der Waals surface area contributed by atoms with Crippen LogP contribution >= 0.6 is 23.2 Å². The van der Waals surface area contributed by atoms with E-state index in [1.165, 1.54) is 12.3 Å². The van der Waals surface area contributed by atoms with Gasteiger partial charge in [-0.15, -0.1) is 0 Å². The highest BCUT2D eigenvalue weighted by atomic mass is 35.5. The number of carbonyl (C=O) groups excluding carboxylic acids is 1. The predicted molar refractivity (Wildman–Crippen MR) is 129 cm³/mol. The Kier molecular flexibility index (Phi) is 8.56. The minimum absolute atomic E-state index is 0.00859. The lowest BCUT2D eigenvalue weighted by molar-refractivity contribution is -0.137. The summed E-state index contributed by atoms with van der Waals surface area (Å²) in [5, 5.41) is 3.51. The molecule has 192 valence electrons. The summed E-state index contributed by atoms with van der Waals surface area (Å²) in [6.07, 6.45) is -1.35. The second kappa shape index (κ2) is 11.6. The highest BCUT2D eigenvalue weighted by Crippen LogP contribution is 2.31. The second-order valence-corrected chi connectivity index (χ2v) is 9.31. The van der Waals surface area contributed by atoms with Crippen molar-refractivity contribution >= 4 is 29.1 Å². The first-order valence-electron chi connectivity index (χ1n) is 11.3. The number of amides is 1. The average molecular weight is 542 g/mol. The highest BCUT2D eigenvalue weighted by molar-refractivity contribution is 6.42. The molecule has 1 N–H and O–H groups in total. The van der Waals surface area contributed by atoms with Crippen molar-refractivity contribution in [1.82, 2.24) is 15.2 Å². The van der Waals surface area contributed by atoms with Gasteiger partial charge in [0.2, 0.25) is 5.89 Å². The number of alkyl halides is 3. The molecular weight excluding hydrogens is 518 g/mol. The third-order valence-corrected chi connectivity index (χ3v) is 6.60. The van der Waals surface area contributed by atoms with Gasteiger partial charge in [0.15, 0.2) is 5.69 Å². The average Bonchev–Trinajstić information content (AvgIpc) is 3.52. The Hall–Kier alpha value is -2.59. The van der Waals surface area contributed by atoms with Gasteiger partial charge in [-0.1, -0.05) is 53.5 Å². The molecule has 3 aromatic rings. The Bertz CT molecular complexity index is 1200. The van der Waals surface area contributed by atoms with Gasteiger partial charge in [-0.2, -0.15) is 13.2 Å². The van der Waals surface area contributed by atoms with Gasteiger partial charge >= 0.3 is 6.18 Å². The topological polar surface area (TPSA) is 67.6 Å². The van der Waals surface area contributed by atoms with Gasteiger partial charge in [0, 0.05) is 26.2 Å². The number of benzene rings is 2. The zero-order valence-corrected chi connectivity index (χ0v) is 20.7.